The summed E-state index contributed by atoms with van der Waals surface area (Å²) in [7, 11) is 0. The van der Waals surface area contributed by atoms with E-state index in [1.54, 1.807) is 17.7 Å². The first-order chi connectivity index (χ1) is 10.3. The van der Waals surface area contributed by atoms with Gasteiger partial charge in [0.15, 0.2) is 0 Å². The molecule has 114 valence electrons. The summed E-state index contributed by atoms with van der Waals surface area (Å²) in [6.07, 6.45) is 2.81. The van der Waals surface area contributed by atoms with Gasteiger partial charge in [-0.3, -0.25) is 0 Å². The van der Waals surface area contributed by atoms with Gasteiger partial charge in [0.1, 0.15) is 17.0 Å². The predicted molar refractivity (Wildman–Crippen MR) is 89.3 cm³/mol. The lowest BCUT2D eigenvalue weighted by atomic mass is 10.2. The third-order valence-electron chi connectivity index (χ3n) is 4.12. The molecule has 0 saturated carbocycles. The van der Waals surface area contributed by atoms with Crippen LogP contribution in [0.3, 0.4) is 0 Å². The van der Waals surface area contributed by atoms with Crippen molar-refractivity contribution in [3.8, 4) is 0 Å². The van der Waals surface area contributed by atoms with Crippen LogP contribution in [0.2, 0.25) is 0 Å². The minimum atomic E-state index is 0.963. The van der Waals surface area contributed by atoms with Crippen molar-refractivity contribution in [2.45, 2.75) is 20.3 Å². The standard InChI is InChI=1S/C15H23N5S/c1-11-12(2)21-15-13(11)14(18-10-19-15)17-4-3-7-20-8-5-16-6-9-20/h10,16H,3-9H2,1-2H3,(H,17,18,19). The van der Waals surface area contributed by atoms with Crippen LogP contribution in [-0.4, -0.2) is 54.1 Å². The summed E-state index contributed by atoms with van der Waals surface area (Å²) < 4.78 is 0. The normalized spacial score (nSPS) is 16.5. The fourth-order valence-corrected chi connectivity index (χ4v) is 3.76. The van der Waals surface area contributed by atoms with E-state index in [2.05, 4.69) is 39.3 Å². The lowest BCUT2D eigenvalue weighted by Crippen LogP contribution is -2.44. The summed E-state index contributed by atoms with van der Waals surface area (Å²) >= 11 is 1.75. The Kier molecular flexibility index (Phi) is 4.67. The van der Waals surface area contributed by atoms with Gasteiger partial charge in [-0.1, -0.05) is 0 Å². The van der Waals surface area contributed by atoms with Crippen molar-refractivity contribution in [1.82, 2.24) is 20.2 Å². The molecular formula is C15H23N5S. The number of aromatic nitrogens is 2. The summed E-state index contributed by atoms with van der Waals surface area (Å²) in [5.74, 6) is 0.988. The molecule has 0 amide bonds. The number of nitrogens with one attached hydrogen (secondary N) is 2. The minimum absolute atomic E-state index is 0.963. The molecule has 0 unspecified atom stereocenters. The van der Waals surface area contributed by atoms with Gasteiger partial charge >= 0.3 is 0 Å². The second kappa shape index (κ2) is 6.68. The molecule has 1 aliphatic rings. The fourth-order valence-electron chi connectivity index (χ4n) is 2.76. The Hall–Kier alpha value is -1.24. The van der Waals surface area contributed by atoms with Crippen molar-refractivity contribution >= 4 is 27.4 Å². The van der Waals surface area contributed by atoms with Crippen LogP contribution < -0.4 is 10.6 Å². The second-order valence-corrected chi connectivity index (χ2v) is 6.76. The Balaban J connectivity index is 1.58. The lowest BCUT2D eigenvalue weighted by Gasteiger charge is -2.27. The van der Waals surface area contributed by atoms with E-state index >= 15 is 0 Å². The molecule has 2 aromatic rings. The summed E-state index contributed by atoms with van der Waals surface area (Å²) in [6, 6.07) is 0. The summed E-state index contributed by atoms with van der Waals surface area (Å²) in [5.41, 5.74) is 1.31. The predicted octanol–water partition coefficient (Wildman–Crippen LogP) is 2.02. The topological polar surface area (TPSA) is 53.1 Å². The maximum atomic E-state index is 4.43. The number of thiophene rings is 1. The summed E-state index contributed by atoms with van der Waals surface area (Å²) in [6.45, 7) is 11.0. The molecule has 1 aliphatic heterocycles. The number of hydrogen-bond donors (Lipinski definition) is 2. The molecule has 2 aromatic heterocycles. The molecule has 2 N–H and O–H groups in total. The van der Waals surface area contributed by atoms with Gasteiger partial charge in [-0.2, -0.15) is 0 Å². The van der Waals surface area contributed by atoms with Crippen molar-refractivity contribution in [3.63, 3.8) is 0 Å². The number of anilines is 1. The molecule has 6 heteroatoms. The van der Waals surface area contributed by atoms with Crippen LogP contribution >= 0.6 is 11.3 Å². The van der Waals surface area contributed by atoms with E-state index in [4.69, 9.17) is 0 Å². The molecule has 21 heavy (non-hydrogen) atoms. The van der Waals surface area contributed by atoms with Gasteiger partial charge < -0.3 is 15.5 Å². The van der Waals surface area contributed by atoms with E-state index < -0.39 is 0 Å². The largest absolute Gasteiger partial charge is 0.369 e. The molecule has 0 aliphatic carbocycles. The summed E-state index contributed by atoms with van der Waals surface area (Å²) in [5, 5.41) is 8.08. The van der Waals surface area contributed by atoms with E-state index in [9.17, 15) is 0 Å². The average molecular weight is 305 g/mol. The molecule has 0 radical (unpaired) electrons. The molecule has 3 rings (SSSR count). The van der Waals surface area contributed by atoms with Crippen molar-refractivity contribution in [2.75, 3.05) is 44.6 Å². The highest BCUT2D eigenvalue weighted by Gasteiger charge is 2.12. The lowest BCUT2D eigenvalue weighted by molar-refractivity contribution is 0.240. The Morgan fingerprint density at radius 1 is 1.29 bits per heavy atom. The first-order valence-electron chi connectivity index (χ1n) is 7.63. The molecule has 5 nitrogen and oxygen atoms in total. The van der Waals surface area contributed by atoms with Gasteiger partial charge in [0.2, 0.25) is 0 Å². The number of aryl methyl sites for hydroxylation is 2. The zero-order valence-electron chi connectivity index (χ0n) is 12.8. The van der Waals surface area contributed by atoms with Gasteiger partial charge in [0.25, 0.3) is 0 Å². The molecule has 0 bridgehead atoms. The van der Waals surface area contributed by atoms with Crippen molar-refractivity contribution in [3.05, 3.63) is 16.8 Å². The number of fused-ring (bicyclic) bond motifs is 1. The van der Waals surface area contributed by atoms with E-state index in [1.807, 2.05) is 0 Å². The van der Waals surface area contributed by atoms with Crippen LogP contribution in [0.4, 0.5) is 5.82 Å². The van der Waals surface area contributed by atoms with Gasteiger partial charge in [-0.05, 0) is 32.4 Å². The number of rotatable bonds is 5. The third-order valence-corrected chi connectivity index (χ3v) is 5.23. The minimum Gasteiger partial charge on any atom is -0.369 e. The van der Waals surface area contributed by atoms with E-state index in [1.165, 1.54) is 28.9 Å². The first-order valence-corrected chi connectivity index (χ1v) is 8.45. The molecule has 1 saturated heterocycles. The zero-order valence-corrected chi connectivity index (χ0v) is 13.6. The fraction of sp³-hybridized carbons (Fsp3) is 0.600. The van der Waals surface area contributed by atoms with Crippen LogP contribution in [0.15, 0.2) is 6.33 Å². The Labute approximate surface area is 129 Å². The van der Waals surface area contributed by atoms with Gasteiger partial charge in [-0.25, -0.2) is 9.97 Å². The van der Waals surface area contributed by atoms with Crippen LogP contribution in [0, 0.1) is 13.8 Å². The highest BCUT2D eigenvalue weighted by molar-refractivity contribution is 7.18. The Bertz CT molecular complexity index is 603. The number of hydrogen-bond acceptors (Lipinski definition) is 6. The van der Waals surface area contributed by atoms with Crippen LogP contribution in [0.5, 0.6) is 0 Å². The van der Waals surface area contributed by atoms with E-state index in [-0.39, 0.29) is 0 Å². The molecular weight excluding hydrogens is 282 g/mol. The highest BCUT2D eigenvalue weighted by atomic mass is 32.1. The van der Waals surface area contributed by atoms with E-state index in [0.717, 1.165) is 43.2 Å². The first kappa shape index (κ1) is 14.7. The molecule has 0 atom stereocenters. The summed E-state index contributed by atoms with van der Waals surface area (Å²) in [4.78, 5) is 13.7. The SMILES string of the molecule is Cc1sc2ncnc(NCCCN3CCNCC3)c2c1C. The number of nitrogens with zero attached hydrogens (tertiary/aromatic N) is 3. The zero-order chi connectivity index (χ0) is 14.7. The molecule has 3 heterocycles. The maximum Gasteiger partial charge on any atom is 0.138 e. The van der Waals surface area contributed by atoms with Crippen LogP contribution in [-0.2, 0) is 0 Å². The quantitative estimate of drug-likeness (QED) is 0.828. The van der Waals surface area contributed by atoms with Crippen molar-refractivity contribution in [2.24, 2.45) is 0 Å². The number of piperazine rings is 1. The van der Waals surface area contributed by atoms with E-state index in [0.29, 0.717) is 0 Å². The highest BCUT2D eigenvalue weighted by Crippen LogP contribution is 2.32. The van der Waals surface area contributed by atoms with Crippen molar-refractivity contribution in [1.29, 1.82) is 0 Å². The van der Waals surface area contributed by atoms with Gasteiger partial charge in [0, 0.05) is 37.6 Å². The van der Waals surface area contributed by atoms with Crippen LogP contribution in [0.1, 0.15) is 16.9 Å². The average Bonchev–Trinajstić information content (AvgIpc) is 2.80. The van der Waals surface area contributed by atoms with Gasteiger partial charge in [0.05, 0.1) is 5.39 Å². The smallest absolute Gasteiger partial charge is 0.138 e. The molecule has 0 aromatic carbocycles. The third kappa shape index (κ3) is 3.33. The molecule has 0 spiro atoms. The van der Waals surface area contributed by atoms with Crippen LogP contribution in [0.25, 0.3) is 10.2 Å². The Morgan fingerprint density at radius 3 is 2.90 bits per heavy atom. The monoisotopic (exact) mass is 305 g/mol. The molecule has 1 fully saturated rings. The maximum absolute atomic E-state index is 4.43. The Morgan fingerprint density at radius 2 is 2.10 bits per heavy atom. The second-order valence-electron chi connectivity index (χ2n) is 5.56. The van der Waals surface area contributed by atoms with Gasteiger partial charge in [-0.15, -0.1) is 11.3 Å². The van der Waals surface area contributed by atoms with Crippen molar-refractivity contribution < 1.29 is 0 Å².